The Balaban J connectivity index is 0.00000280. The van der Waals surface area contributed by atoms with Gasteiger partial charge in [0.25, 0.3) is 0 Å². The summed E-state index contributed by atoms with van der Waals surface area (Å²) in [7, 11) is 0. The SMILES string of the molecule is CC(C)(C)c1cccnc1Oc1[c-]c(-c2[c-]c3c(cc2)c2ccccc2n3-c2ccccn2)ccc1.[Pt+2]. The number of pyridine rings is 2. The van der Waals surface area contributed by atoms with Gasteiger partial charge in [-0.05, 0) is 40.6 Å². The molecule has 6 rings (SSSR count). The molecular weight excluding hydrogens is 637 g/mol. The van der Waals surface area contributed by atoms with Gasteiger partial charge in [-0.25, -0.2) is 21.1 Å². The minimum Gasteiger partial charge on any atom is -0.460 e. The van der Waals surface area contributed by atoms with Crippen molar-refractivity contribution in [1.29, 1.82) is 0 Å². The van der Waals surface area contributed by atoms with Gasteiger partial charge in [-0.3, -0.25) is 0 Å². The van der Waals surface area contributed by atoms with Gasteiger partial charge in [0.2, 0.25) is 5.88 Å². The van der Waals surface area contributed by atoms with Gasteiger partial charge >= 0.3 is 21.1 Å². The Morgan fingerprint density at radius 2 is 1.49 bits per heavy atom. The van der Waals surface area contributed by atoms with E-state index in [0.717, 1.165) is 38.9 Å². The summed E-state index contributed by atoms with van der Waals surface area (Å²) in [6.45, 7) is 6.46. The molecular formula is C32H25N3OPt. The largest absolute Gasteiger partial charge is 2.00 e. The molecule has 6 aromatic rings. The van der Waals surface area contributed by atoms with E-state index in [-0.39, 0.29) is 26.5 Å². The molecule has 0 amide bonds. The van der Waals surface area contributed by atoms with Crippen molar-refractivity contribution in [3.05, 3.63) is 115 Å². The van der Waals surface area contributed by atoms with Crippen LogP contribution in [0.15, 0.2) is 97.3 Å². The Morgan fingerprint density at radius 1 is 0.703 bits per heavy atom. The summed E-state index contributed by atoms with van der Waals surface area (Å²) < 4.78 is 8.40. The first kappa shape index (κ1) is 24.9. The van der Waals surface area contributed by atoms with E-state index in [4.69, 9.17) is 4.74 Å². The van der Waals surface area contributed by atoms with Crippen molar-refractivity contribution < 1.29 is 25.8 Å². The molecule has 0 fully saturated rings. The van der Waals surface area contributed by atoms with Crippen LogP contribution in [0.25, 0.3) is 38.8 Å². The molecule has 3 aromatic heterocycles. The number of hydrogen-bond donors (Lipinski definition) is 0. The van der Waals surface area contributed by atoms with Crippen molar-refractivity contribution in [2.75, 3.05) is 0 Å². The standard InChI is InChI=1S/C32H25N3O.Pt/c1-32(2,3)27-13-9-19-34-31(27)36-24-11-8-10-22(20-24)23-16-17-26-25-12-4-5-14-28(25)35(29(26)21-23)30-15-6-7-18-33-30;/h4-19H,1-3H3;/q-2;+2. The van der Waals surface area contributed by atoms with Crippen LogP contribution in [0.2, 0.25) is 0 Å². The normalized spacial score (nSPS) is 11.4. The number of ether oxygens (including phenoxy) is 1. The maximum Gasteiger partial charge on any atom is 2.00 e. The number of para-hydroxylation sites is 1. The molecule has 0 aliphatic heterocycles. The predicted molar refractivity (Wildman–Crippen MR) is 145 cm³/mol. The van der Waals surface area contributed by atoms with Crippen molar-refractivity contribution in [3.63, 3.8) is 0 Å². The van der Waals surface area contributed by atoms with Gasteiger partial charge in [0.15, 0.2) is 0 Å². The molecule has 0 saturated carbocycles. The first-order valence-electron chi connectivity index (χ1n) is 12.0. The van der Waals surface area contributed by atoms with Crippen LogP contribution in [0, 0.1) is 12.1 Å². The topological polar surface area (TPSA) is 39.9 Å². The number of fused-ring (bicyclic) bond motifs is 3. The number of rotatable bonds is 4. The zero-order chi connectivity index (χ0) is 24.7. The average Bonchev–Trinajstić information content (AvgIpc) is 3.23. The summed E-state index contributed by atoms with van der Waals surface area (Å²) in [5, 5.41) is 2.31. The second-order valence-corrected chi connectivity index (χ2v) is 9.81. The molecule has 0 unspecified atom stereocenters. The summed E-state index contributed by atoms with van der Waals surface area (Å²) in [4.78, 5) is 9.11. The maximum atomic E-state index is 6.23. The molecule has 0 atom stereocenters. The quantitative estimate of drug-likeness (QED) is 0.180. The molecule has 0 aliphatic carbocycles. The van der Waals surface area contributed by atoms with Crippen LogP contribution < -0.4 is 4.74 Å². The molecule has 37 heavy (non-hydrogen) atoms. The second-order valence-electron chi connectivity index (χ2n) is 9.81. The van der Waals surface area contributed by atoms with Crippen LogP contribution in [-0.4, -0.2) is 14.5 Å². The Kier molecular flexibility index (Phi) is 6.70. The molecule has 0 bridgehead atoms. The van der Waals surface area contributed by atoms with E-state index >= 15 is 0 Å². The Hall–Kier alpha value is -3.75. The van der Waals surface area contributed by atoms with Crippen LogP contribution in [0.5, 0.6) is 11.6 Å². The van der Waals surface area contributed by atoms with Gasteiger partial charge in [-0.15, -0.1) is 18.2 Å². The van der Waals surface area contributed by atoms with Crippen LogP contribution in [0.1, 0.15) is 26.3 Å². The smallest absolute Gasteiger partial charge is 0.460 e. The monoisotopic (exact) mass is 662 g/mol. The summed E-state index contributed by atoms with van der Waals surface area (Å²) in [5.41, 5.74) is 4.89. The number of aromatic nitrogens is 3. The van der Waals surface area contributed by atoms with Crippen LogP contribution in [0.4, 0.5) is 0 Å². The summed E-state index contributed by atoms with van der Waals surface area (Å²) in [6.07, 6.45) is 3.57. The van der Waals surface area contributed by atoms with Gasteiger partial charge in [0.1, 0.15) is 5.82 Å². The number of benzene rings is 3. The van der Waals surface area contributed by atoms with E-state index < -0.39 is 0 Å². The van der Waals surface area contributed by atoms with E-state index in [1.165, 1.54) is 5.39 Å². The van der Waals surface area contributed by atoms with E-state index in [9.17, 15) is 0 Å². The van der Waals surface area contributed by atoms with E-state index in [0.29, 0.717) is 11.6 Å². The Labute approximate surface area is 231 Å². The van der Waals surface area contributed by atoms with E-state index in [2.05, 4.69) is 89.9 Å². The van der Waals surface area contributed by atoms with Gasteiger partial charge in [0, 0.05) is 29.2 Å². The van der Waals surface area contributed by atoms with Crippen molar-refractivity contribution >= 4 is 21.8 Å². The number of nitrogens with zero attached hydrogens (tertiary/aromatic N) is 3. The third-order valence-corrected chi connectivity index (χ3v) is 6.31. The fourth-order valence-electron chi connectivity index (χ4n) is 4.59. The van der Waals surface area contributed by atoms with Crippen molar-refractivity contribution in [1.82, 2.24) is 14.5 Å². The molecule has 0 aliphatic rings. The van der Waals surface area contributed by atoms with E-state index in [1.54, 1.807) is 6.20 Å². The molecule has 0 saturated heterocycles. The fourth-order valence-corrected chi connectivity index (χ4v) is 4.59. The van der Waals surface area contributed by atoms with Gasteiger partial charge in [-0.2, -0.15) is 24.3 Å². The van der Waals surface area contributed by atoms with Crippen molar-refractivity contribution in [3.8, 4) is 28.6 Å². The fraction of sp³-hybridized carbons (Fsp3) is 0.125. The second kappa shape index (κ2) is 9.95. The first-order chi connectivity index (χ1) is 17.5. The third kappa shape index (κ3) is 4.70. The summed E-state index contributed by atoms with van der Waals surface area (Å²) in [6, 6.07) is 35.6. The Morgan fingerprint density at radius 3 is 2.30 bits per heavy atom. The average molecular weight is 663 g/mol. The van der Waals surface area contributed by atoms with Gasteiger partial charge in [0.05, 0.1) is 0 Å². The molecule has 4 nitrogen and oxygen atoms in total. The predicted octanol–water partition coefficient (Wildman–Crippen LogP) is 7.93. The van der Waals surface area contributed by atoms with Crippen LogP contribution >= 0.6 is 0 Å². The molecule has 3 aromatic carbocycles. The van der Waals surface area contributed by atoms with Gasteiger partial charge < -0.3 is 9.30 Å². The zero-order valence-electron chi connectivity index (χ0n) is 20.8. The van der Waals surface area contributed by atoms with Crippen molar-refractivity contribution in [2.45, 2.75) is 26.2 Å². The molecule has 184 valence electrons. The zero-order valence-corrected chi connectivity index (χ0v) is 23.1. The summed E-state index contributed by atoms with van der Waals surface area (Å²) in [5.74, 6) is 2.09. The first-order valence-corrected chi connectivity index (χ1v) is 12.0. The molecule has 3 heterocycles. The van der Waals surface area contributed by atoms with Crippen LogP contribution in [-0.2, 0) is 26.5 Å². The maximum absolute atomic E-state index is 6.23. The molecule has 0 N–H and O–H groups in total. The minimum absolute atomic E-state index is 0. The Bertz CT molecular complexity index is 1700. The third-order valence-electron chi connectivity index (χ3n) is 6.31. The molecule has 0 spiro atoms. The number of hydrogen-bond acceptors (Lipinski definition) is 3. The van der Waals surface area contributed by atoms with Crippen LogP contribution in [0.3, 0.4) is 0 Å². The molecule has 5 heteroatoms. The van der Waals surface area contributed by atoms with Crippen molar-refractivity contribution in [2.24, 2.45) is 0 Å². The van der Waals surface area contributed by atoms with E-state index in [1.807, 2.05) is 48.7 Å². The molecule has 0 radical (unpaired) electrons. The minimum atomic E-state index is -0.0844. The van der Waals surface area contributed by atoms with Gasteiger partial charge in [-0.1, -0.05) is 56.5 Å². The summed E-state index contributed by atoms with van der Waals surface area (Å²) >= 11 is 0.